The Bertz CT molecular complexity index is 562. The van der Waals surface area contributed by atoms with Crippen molar-refractivity contribution >= 4 is 6.03 Å². The maximum Gasteiger partial charge on any atom is 0.317 e. The number of nitrogens with zero attached hydrogens (tertiary/aromatic N) is 4. The van der Waals surface area contributed by atoms with E-state index in [4.69, 9.17) is 4.42 Å². The number of nitrogens with one attached hydrogen (secondary N) is 1. The Kier molecular flexibility index (Phi) is 4.97. The lowest BCUT2D eigenvalue weighted by Gasteiger charge is -2.17. The molecule has 0 aliphatic rings. The Hall–Kier alpha value is -2.31. The van der Waals surface area contributed by atoms with Crippen LogP contribution in [0.25, 0.3) is 0 Å². The van der Waals surface area contributed by atoms with Crippen LogP contribution < -0.4 is 5.32 Å². The Morgan fingerprint density at radius 1 is 1.52 bits per heavy atom. The van der Waals surface area contributed by atoms with Crippen molar-refractivity contribution in [3.05, 3.63) is 36.3 Å². The van der Waals surface area contributed by atoms with Gasteiger partial charge in [-0.05, 0) is 19.9 Å². The quantitative estimate of drug-likeness (QED) is 0.881. The Morgan fingerprint density at radius 2 is 2.33 bits per heavy atom. The van der Waals surface area contributed by atoms with E-state index in [-0.39, 0.29) is 6.03 Å². The third kappa shape index (κ3) is 4.08. The van der Waals surface area contributed by atoms with Crippen molar-refractivity contribution in [2.45, 2.75) is 32.9 Å². The highest BCUT2D eigenvalue weighted by Gasteiger charge is 2.11. The van der Waals surface area contributed by atoms with Gasteiger partial charge < -0.3 is 19.2 Å². The van der Waals surface area contributed by atoms with E-state index in [1.54, 1.807) is 30.8 Å². The van der Waals surface area contributed by atoms with E-state index in [0.29, 0.717) is 25.6 Å². The highest BCUT2D eigenvalue weighted by Crippen LogP contribution is 2.07. The second-order valence-corrected chi connectivity index (χ2v) is 5.22. The molecule has 0 unspecified atom stereocenters. The first-order valence-corrected chi connectivity index (χ1v) is 6.96. The van der Waals surface area contributed by atoms with E-state index in [9.17, 15) is 4.79 Å². The smallest absolute Gasteiger partial charge is 0.317 e. The molecule has 0 atom stereocenters. The molecular weight excluding hydrogens is 270 g/mol. The molecule has 2 rings (SSSR count). The van der Waals surface area contributed by atoms with Crippen molar-refractivity contribution in [3.63, 3.8) is 0 Å². The monoisotopic (exact) mass is 291 g/mol. The second kappa shape index (κ2) is 6.92. The van der Waals surface area contributed by atoms with Gasteiger partial charge in [-0.25, -0.2) is 4.79 Å². The van der Waals surface area contributed by atoms with Gasteiger partial charge in [0.05, 0.1) is 19.1 Å². The molecule has 114 valence electrons. The molecular formula is C14H21N5O2. The Labute approximate surface area is 124 Å². The molecule has 0 bridgehead atoms. The molecule has 0 saturated carbocycles. The fourth-order valence-corrected chi connectivity index (χ4v) is 2.02. The van der Waals surface area contributed by atoms with Gasteiger partial charge in [0.15, 0.2) is 0 Å². The van der Waals surface area contributed by atoms with E-state index in [1.807, 2.05) is 10.6 Å². The first kappa shape index (κ1) is 15.1. The van der Waals surface area contributed by atoms with Gasteiger partial charge in [0.1, 0.15) is 12.2 Å². The molecule has 2 heterocycles. The number of rotatable bonds is 6. The standard InChI is InChI=1S/C14H21N5O2/c1-11(2)19-10-16-17-13(19)4-6-15-14(20)18(3)8-12-5-7-21-9-12/h5,7,9-11H,4,6,8H2,1-3H3,(H,15,20). The summed E-state index contributed by atoms with van der Waals surface area (Å²) in [4.78, 5) is 13.6. The van der Waals surface area contributed by atoms with Crippen molar-refractivity contribution in [1.29, 1.82) is 0 Å². The van der Waals surface area contributed by atoms with Crippen molar-refractivity contribution < 1.29 is 9.21 Å². The normalized spacial score (nSPS) is 10.9. The Morgan fingerprint density at radius 3 is 3.00 bits per heavy atom. The van der Waals surface area contributed by atoms with Gasteiger partial charge in [0.25, 0.3) is 0 Å². The molecule has 0 fully saturated rings. The van der Waals surface area contributed by atoms with Gasteiger partial charge in [-0.2, -0.15) is 0 Å². The zero-order chi connectivity index (χ0) is 15.2. The second-order valence-electron chi connectivity index (χ2n) is 5.22. The summed E-state index contributed by atoms with van der Waals surface area (Å²) >= 11 is 0. The maximum absolute atomic E-state index is 12.0. The SMILES string of the molecule is CC(C)n1cnnc1CCNC(=O)N(C)Cc1ccoc1. The highest BCUT2D eigenvalue weighted by atomic mass is 16.3. The number of urea groups is 1. The summed E-state index contributed by atoms with van der Waals surface area (Å²) in [5, 5.41) is 10.9. The van der Waals surface area contributed by atoms with Crippen LogP contribution in [-0.4, -0.2) is 39.3 Å². The van der Waals surface area contributed by atoms with Gasteiger partial charge in [-0.1, -0.05) is 0 Å². The summed E-state index contributed by atoms with van der Waals surface area (Å²) in [6.45, 7) is 5.19. The molecule has 1 N–H and O–H groups in total. The molecule has 0 saturated heterocycles. The predicted octanol–water partition coefficient (Wildman–Crippen LogP) is 1.84. The fraction of sp³-hybridized carbons (Fsp3) is 0.500. The van der Waals surface area contributed by atoms with Crippen LogP contribution in [0.4, 0.5) is 4.79 Å². The molecule has 2 aromatic rings. The number of hydrogen-bond donors (Lipinski definition) is 1. The van der Waals surface area contributed by atoms with Gasteiger partial charge in [-0.15, -0.1) is 10.2 Å². The summed E-state index contributed by atoms with van der Waals surface area (Å²) in [6, 6.07) is 2.04. The summed E-state index contributed by atoms with van der Waals surface area (Å²) in [5.41, 5.74) is 0.965. The van der Waals surface area contributed by atoms with E-state index in [1.165, 1.54) is 0 Å². The molecule has 2 amide bonds. The summed E-state index contributed by atoms with van der Waals surface area (Å²) < 4.78 is 6.99. The van der Waals surface area contributed by atoms with Gasteiger partial charge >= 0.3 is 6.03 Å². The van der Waals surface area contributed by atoms with Crippen molar-refractivity contribution in [1.82, 2.24) is 25.0 Å². The maximum atomic E-state index is 12.0. The number of carbonyl (C=O) groups excluding carboxylic acids is 1. The van der Waals surface area contributed by atoms with Crippen LogP contribution in [-0.2, 0) is 13.0 Å². The molecule has 0 aliphatic carbocycles. The molecule has 0 spiro atoms. The van der Waals surface area contributed by atoms with Crippen LogP contribution in [0.15, 0.2) is 29.3 Å². The minimum Gasteiger partial charge on any atom is -0.472 e. The number of hydrogen-bond acceptors (Lipinski definition) is 4. The fourth-order valence-electron chi connectivity index (χ4n) is 2.02. The predicted molar refractivity (Wildman–Crippen MR) is 77.7 cm³/mol. The molecule has 7 nitrogen and oxygen atoms in total. The molecule has 0 aromatic carbocycles. The van der Waals surface area contributed by atoms with E-state index in [0.717, 1.165) is 11.4 Å². The minimum atomic E-state index is -0.119. The van der Waals surface area contributed by atoms with Crippen LogP contribution in [0.5, 0.6) is 0 Å². The number of furan rings is 1. The summed E-state index contributed by atoms with van der Waals surface area (Å²) in [6.07, 6.45) is 5.60. The Balaban J connectivity index is 1.77. The van der Waals surface area contributed by atoms with E-state index >= 15 is 0 Å². The minimum absolute atomic E-state index is 0.119. The van der Waals surface area contributed by atoms with Crippen LogP contribution in [0, 0.1) is 0 Å². The van der Waals surface area contributed by atoms with Crippen LogP contribution in [0.3, 0.4) is 0 Å². The van der Waals surface area contributed by atoms with Gasteiger partial charge in [-0.3, -0.25) is 0 Å². The lowest BCUT2D eigenvalue weighted by atomic mass is 10.3. The van der Waals surface area contributed by atoms with Crippen LogP contribution in [0.1, 0.15) is 31.3 Å². The molecule has 7 heteroatoms. The lowest BCUT2D eigenvalue weighted by Crippen LogP contribution is -2.37. The largest absolute Gasteiger partial charge is 0.472 e. The lowest BCUT2D eigenvalue weighted by molar-refractivity contribution is 0.207. The zero-order valence-electron chi connectivity index (χ0n) is 12.6. The molecule has 0 radical (unpaired) electrons. The van der Waals surface area contributed by atoms with Gasteiger partial charge in [0.2, 0.25) is 0 Å². The number of aromatic nitrogens is 3. The average Bonchev–Trinajstić information content (AvgIpc) is 3.09. The first-order valence-electron chi connectivity index (χ1n) is 6.96. The van der Waals surface area contributed by atoms with Crippen molar-refractivity contribution in [2.75, 3.05) is 13.6 Å². The van der Waals surface area contributed by atoms with Crippen LogP contribution >= 0.6 is 0 Å². The first-order chi connectivity index (χ1) is 10.1. The number of amides is 2. The molecule has 2 aromatic heterocycles. The van der Waals surface area contributed by atoms with E-state index in [2.05, 4.69) is 29.4 Å². The van der Waals surface area contributed by atoms with Crippen molar-refractivity contribution in [2.24, 2.45) is 0 Å². The highest BCUT2D eigenvalue weighted by molar-refractivity contribution is 5.73. The van der Waals surface area contributed by atoms with Crippen LogP contribution in [0.2, 0.25) is 0 Å². The summed E-state index contributed by atoms with van der Waals surface area (Å²) in [7, 11) is 1.75. The van der Waals surface area contributed by atoms with Crippen molar-refractivity contribution in [3.8, 4) is 0 Å². The molecule has 21 heavy (non-hydrogen) atoms. The molecule has 0 aliphatic heterocycles. The topological polar surface area (TPSA) is 76.2 Å². The third-order valence-electron chi connectivity index (χ3n) is 3.17. The van der Waals surface area contributed by atoms with Gasteiger partial charge in [0, 0.05) is 31.6 Å². The zero-order valence-corrected chi connectivity index (χ0v) is 12.6. The summed E-state index contributed by atoms with van der Waals surface area (Å²) in [5.74, 6) is 0.878. The number of carbonyl (C=O) groups is 1. The van der Waals surface area contributed by atoms with E-state index < -0.39 is 0 Å². The average molecular weight is 291 g/mol. The third-order valence-corrected chi connectivity index (χ3v) is 3.17.